The Labute approximate surface area is 114 Å². The highest BCUT2D eigenvalue weighted by molar-refractivity contribution is 5.90. The molecule has 0 aliphatic heterocycles. The quantitative estimate of drug-likeness (QED) is 0.760. The number of nitrogens with one attached hydrogen (secondary N) is 1. The molecule has 20 heavy (non-hydrogen) atoms. The molecule has 0 aliphatic rings. The molecular weight excluding hydrogens is 259 g/mol. The molecule has 2 heterocycles. The molecule has 1 aromatic carbocycles. The Hall–Kier alpha value is -2.63. The lowest BCUT2D eigenvalue weighted by molar-refractivity contribution is 0.0994. The fourth-order valence-corrected chi connectivity index (χ4v) is 2.21. The van der Waals surface area contributed by atoms with Crippen LogP contribution in [0.3, 0.4) is 0 Å². The van der Waals surface area contributed by atoms with Crippen molar-refractivity contribution in [1.82, 2.24) is 14.8 Å². The van der Waals surface area contributed by atoms with E-state index in [4.69, 9.17) is 5.73 Å². The van der Waals surface area contributed by atoms with E-state index in [-0.39, 0.29) is 11.5 Å². The maximum Gasteiger partial charge on any atom is 0.269 e. The van der Waals surface area contributed by atoms with Crippen LogP contribution in [0.5, 0.6) is 0 Å². The molecule has 1 amide bonds. The van der Waals surface area contributed by atoms with E-state index < -0.39 is 5.91 Å². The average Bonchev–Trinajstić information content (AvgIpc) is 3.02. The summed E-state index contributed by atoms with van der Waals surface area (Å²) >= 11 is 0. The number of hydrogen-bond acceptors (Lipinski definition) is 2. The van der Waals surface area contributed by atoms with E-state index in [1.165, 1.54) is 12.1 Å². The standard InChI is InChI=1S/C14H13FN4O/c15-10-1-2-12-11(7-10)9(8-17-12)3-5-19-6-4-13(18-19)14(16)20/h1-2,4,6-8,17H,3,5H2,(H2,16,20). The van der Waals surface area contributed by atoms with E-state index >= 15 is 0 Å². The van der Waals surface area contributed by atoms with Crippen LogP contribution in [-0.2, 0) is 13.0 Å². The monoisotopic (exact) mass is 272 g/mol. The Bertz CT molecular complexity index is 774. The third-order valence-corrected chi connectivity index (χ3v) is 3.23. The molecule has 2 aromatic heterocycles. The summed E-state index contributed by atoms with van der Waals surface area (Å²) in [6.07, 6.45) is 4.25. The van der Waals surface area contributed by atoms with Gasteiger partial charge in [0.05, 0.1) is 0 Å². The molecule has 3 N–H and O–H groups in total. The number of aryl methyl sites for hydroxylation is 2. The van der Waals surface area contributed by atoms with Crippen LogP contribution in [0.25, 0.3) is 10.9 Å². The Kier molecular flexibility index (Phi) is 2.98. The highest BCUT2D eigenvalue weighted by Gasteiger charge is 2.07. The van der Waals surface area contributed by atoms with E-state index in [1.54, 1.807) is 23.0 Å². The normalized spacial score (nSPS) is 11.1. The number of hydrogen-bond donors (Lipinski definition) is 2. The molecule has 0 unspecified atom stereocenters. The Balaban J connectivity index is 1.79. The molecule has 3 aromatic rings. The van der Waals surface area contributed by atoms with Gasteiger partial charge in [-0.3, -0.25) is 9.48 Å². The summed E-state index contributed by atoms with van der Waals surface area (Å²) in [6, 6.07) is 6.23. The van der Waals surface area contributed by atoms with Gasteiger partial charge in [-0.15, -0.1) is 0 Å². The number of fused-ring (bicyclic) bond motifs is 1. The van der Waals surface area contributed by atoms with Gasteiger partial charge in [-0.1, -0.05) is 0 Å². The number of halogens is 1. The summed E-state index contributed by atoms with van der Waals surface area (Å²) in [4.78, 5) is 14.1. The van der Waals surface area contributed by atoms with Crippen LogP contribution in [-0.4, -0.2) is 20.7 Å². The molecule has 0 aliphatic carbocycles. The molecule has 0 bridgehead atoms. The van der Waals surface area contributed by atoms with Gasteiger partial charge in [0.25, 0.3) is 5.91 Å². The minimum atomic E-state index is -0.544. The van der Waals surface area contributed by atoms with Crippen LogP contribution in [0.4, 0.5) is 4.39 Å². The Morgan fingerprint density at radius 1 is 1.40 bits per heavy atom. The maximum atomic E-state index is 13.3. The van der Waals surface area contributed by atoms with Gasteiger partial charge in [-0.2, -0.15) is 5.10 Å². The van der Waals surface area contributed by atoms with Gasteiger partial charge in [0, 0.05) is 29.8 Å². The molecule has 0 atom stereocenters. The first-order valence-electron chi connectivity index (χ1n) is 6.22. The number of carbonyl (C=O) groups excluding carboxylic acids is 1. The molecule has 0 fully saturated rings. The maximum absolute atomic E-state index is 13.3. The summed E-state index contributed by atoms with van der Waals surface area (Å²) in [5.74, 6) is -0.800. The molecule has 6 heteroatoms. The van der Waals surface area contributed by atoms with Crippen molar-refractivity contribution in [2.45, 2.75) is 13.0 Å². The topological polar surface area (TPSA) is 76.7 Å². The summed E-state index contributed by atoms with van der Waals surface area (Å²) in [7, 11) is 0. The summed E-state index contributed by atoms with van der Waals surface area (Å²) in [5.41, 5.74) is 7.31. The van der Waals surface area contributed by atoms with Crippen LogP contribution in [0, 0.1) is 5.82 Å². The third-order valence-electron chi connectivity index (χ3n) is 3.23. The smallest absolute Gasteiger partial charge is 0.269 e. The number of carbonyl (C=O) groups is 1. The number of primary amides is 1. The largest absolute Gasteiger partial charge is 0.364 e. The molecule has 5 nitrogen and oxygen atoms in total. The van der Waals surface area contributed by atoms with Crippen molar-refractivity contribution in [2.75, 3.05) is 0 Å². The lowest BCUT2D eigenvalue weighted by Crippen LogP contribution is -2.12. The van der Waals surface area contributed by atoms with E-state index in [2.05, 4.69) is 10.1 Å². The zero-order valence-corrected chi connectivity index (χ0v) is 10.6. The van der Waals surface area contributed by atoms with E-state index in [0.717, 1.165) is 16.5 Å². The van der Waals surface area contributed by atoms with E-state index in [1.807, 2.05) is 6.20 Å². The lowest BCUT2D eigenvalue weighted by Gasteiger charge is -2.01. The van der Waals surface area contributed by atoms with Crippen molar-refractivity contribution in [3.63, 3.8) is 0 Å². The van der Waals surface area contributed by atoms with Crippen LogP contribution in [0.2, 0.25) is 0 Å². The predicted octanol–water partition coefficient (Wildman–Crippen LogP) is 1.85. The molecule has 0 saturated heterocycles. The van der Waals surface area contributed by atoms with Crippen LogP contribution >= 0.6 is 0 Å². The van der Waals surface area contributed by atoms with Crippen molar-refractivity contribution >= 4 is 16.8 Å². The second-order valence-electron chi connectivity index (χ2n) is 4.58. The number of aromatic amines is 1. The Morgan fingerprint density at radius 2 is 2.25 bits per heavy atom. The SMILES string of the molecule is NC(=O)c1ccn(CCc2c[nH]c3ccc(F)cc23)n1. The third kappa shape index (κ3) is 2.27. The van der Waals surface area contributed by atoms with Crippen molar-refractivity contribution in [3.05, 3.63) is 53.7 Å². The number of nitrogens with zero attached hydrogens (tertiary/aromatic N) is 2. The highest BCUT2D eigenvalue weighted by Crippen LogP contribution is 2.20. The number of rotatable bonds is 4. The van der Waals surface area contributed by atoms with Gasteiger partial charge < -0.3 is 10.7 Å². The van der Waals surface area contributed by atoms with Gasteiger partial charge in [-0.05, 0) is 36.2 Å². The molecule has 0 saturated carbocycles. The molecule has 102 valence electrons. The zero-order valence-electron chi connectivity index (χ0n) is 10.6. The number of nitrogens with two attached hydrogens (primary N) is 1. The molecule has 3 rings (SSSR count). The van der Waals surface area contributed by atoms with Crippen LogP contribution in [0.1, 0.15) is 16.1 Å². The van der Waals surface area contributed by atoms with Crippen molar-refractivity contribution < 1.29 is 9.18 Å². The van der Waals surface area contributed by atoms with Crippen LogP contribution in [0.15, 0.2) is 36.7 Å². The highest BCUT2D eigenvalue weighted by atomic mass is 19.1. The molecule has 0 radical (unpaired) electrons. The first-order valence-corrected chi connectivity index (χ1v) is 6.22. The molecular formula is C14H13FN4O. The van der Waals surface area contributed by atoms with Gasteiger partial charge in [0.15, 0.2) is 0 Å². The summed E-state index contributed by atoms with van der Waals surface area (Å²) in [5, 5.41) is 4.93. The van der Waals surface area contributed by atoms with E-state index in [0.29, 0.717) is 13.0 Å². The summed E-state index contributed by atoms with van der Waals surface area (Å²) in [6.45, 7) is 0.594. The summed E-state index contributed by atoms with van der Waals surface area (Å²) < 4.78 is 14.9. The fraction of sp³-hybridized carbons (Fsp3) is 0.143. The van der Waals surface area contributed by atoms with E-state index in [9.17, 15) is 9.18 Å². The predicted molar refractivity (Wildman–Crippen MR) is 72.7 cm³/mol. The van der Waals surface area contributed by atoms with Crippen molar-refractivity contribution in [1.29, 1.82) is 0 Å². The minimum Gasteiger partial charge on any atom is -0.364 e. The number of amides is 1. The fourth-order valence-electron chi connectivity index (χ4n) is 2.21. The van der Waals surface area contributed by atoms with Gasteiger partial charge in [-0.25, -0.2) is 4.39 Å². The second-order valence-corrected chi connectivity index (χ2v) is 4.58. The Morgan fingerprint density at radius 3 is 3.00 bits per heavy atom. The average molecular weight is 272 g/mol. The first-order chi connectivity index (χ1) is 9.63. The minimum absolute atomic E-state index is 0.245. The van der Waals surface area contributed by atoms with Crippen LogP contribution < -0.4 is 5.73 Å². The first kappa shape index (κ1) is 12.4. The molecule has 0 spiro atoms. The lowest BCUT2D eigenvalue weighted by atomic mass is 10.1. The zero-order chi connectivity index (χ0) is 14.1. The van der Waals surface area contributed by atoms with Crippen molar-refractivity contribution in [3.8, 4) is 0 Å². The van der Waals surface area contributed by atoms with Gasteiger partial charge in [0.1, 0.15) is 11.5 Å². The number of benzene rings is 1. The number of aromatic nitrogens is 3. The van der Waals surface area contributed by atoms with Gasteiger partial charge >= 0.3 is 0 Å². The number of H-pyrrole nitrogens is 1. The van der Waals surface area contributed by atoms with Gasteiger partial charge in [0.2, 0.25) is 0 Å². The second kappa shape index (κ2) is 4.80. The van der Waals surface area contributed by atoms with Crippen molar-refractivity contribution in [2.24, 2.45) is 5.73 Å².